The molecule has 0 aliphatic carbocycles. The quantitative estimate of drug-likeness (QED) is 0.346. The SMILES string of the molecule is O=C1c2ccccc2C(=O)N1CCCN1c2ccccc2N=C(c2ccccc2)c2ccccc21. The molecule has 0 N–H and O–H groups in total. The summed E-state index contributed by atoms with van der Waals surface area (Å²) in [6.45, 7) is 0.999. The van der Waals surface area contributed by atoms with Crippen molar-refractivity contribution in [3.63, 3.8) is 0 Å². The van der Waals surface area contributed by atoms with Crippen LogP contribution in [0.15, 0.2) is 108 Å². The Labute approximate surface area is 204 Å². The molecule has 4 aromatic rings. The van der Waals surface area contributed by atoms with E-state index in [2.05, 4.69) is 35.2 Å². The van der Waals surface area contributed by atoms with Crippen molar-refractivity contribution in [2.24, 2.45) is 4.99 Å². The van der Waals surface area contributed by atoms with Crippen molar-refractivity contribution in [1.82, 2.24) is 4.90 Å². The molecule has 0 saturated heterocycles. The van der Waals surface area contributed by atoms with Gasteiger partial charge in [-0.2, -0.15) is 0 Å². The molecular weight excluding hydrogens is 434 g/mol. The second-order valence-corrected chi connectivity index (χ2v) is 8.65. The highest BCUT2D eigenvalue weighted by atomic mass is 16.2. The number of imide groups is 1. The first-order valence-corrected chi connectivity index (χ1v) is 11.8. The van der Waals surface area contributed by atoms with Gasteiger partial charge in [-0.15, -0.1) is 0 Å². The van der Waals surface area contributed by atoms with Crippen LogP contribution in [0.25, 0.3) is 0 Å². The summed E-state index contributed by atoms with van der Waals surface area (Å²) >= 11 is 0. The fourth-order valence-electron chi connectivity index (χ4n) is 4.89. The van der Waals surface area contributed by atoms with Crippen LogP contribution in [-0.4, -0.2) is 35.5 Å². The van der Waals surface area contributed by atoms with Gasteiger partial charge in [-0.25, -0.2) is 4.99 Å². The Bertz CT molecular complexity index is 1440. The van der Waals surface area contributed by atoms with Gasteiger partial charge >= 0.3 is 0 Å². The van der Waals surface area contributed by atoms with Crippen LogP contribution in [0.5, 0.6) is 0 Å². The van der Waals surface area contributed by atoms with Crippen LogP contribution >= 0.6 is 0 Å². The van der Waals surface area contributed by atoms with E-state index in [-0.39, 0.29) is 11.8 Å². The zero-order chi connectivity index (χ0) is 23.8. The van der Waals surface area contributed by atoms with E-state index >= 15 is 0 Å². The van der Waals surface area contributed by atoms with Gasteiger partial charge in [0, 0.05) is 24.2 Å². The molecule has 2 aliphatic rings. The summed E-state index contributed by atoms with van der Waals surface area (Å²) in [7, 11) is 0. The number of anilines is 2. The van der Waals surface area contributed by atoms with Gasteiger partial charge in [0.1, 0.15) is 0 Å². The number of carbonyl (C=O) groups is 2. The third kappa shape index (κ3) is 3.62. The molecule has 0 bridgehead atoms. The Morgan fingerprint density at radius 1 is 0.543 bits per heavy atom. The monoisotopic (exact) mass is 457 g/mol. The first-order valence-electron chi connectivity index (χ1n) is 11.8. The summed E-state index contributed by atoms with van der Waals surface area (Å²) in [4.78, 5) is 34.3. The van der Waals surface area contributed by atoms with Gasteiger partial charge in [0.25, 0.3) is 11.8 Å². The second-order valence-electron chi connectivity index (χ2n) is 8.65. The lowest BCUT2D eigenvalue weighted by Gasteiger charge is -2.27. The molecule has 0 spiro atoms. The van der Waals surface area contributed by atoms with Gasteiger partial charge in [0.2, 0.25) is 0 Å². The van der Waals surface area contributed by atoms with Gasteiger partial charge in [-0.05, 0) is 36.8 Å². The van der Waals surface area contributed by atoms with Crippen molar-refractivity contribution in [1.29, 1.82) is 0 Å². The number of carbonyl (C=O) groups excluding carboxylic acids is 2. The van der Waals surface area contributed by atoms with Gasteiger partial charge in [0.15, 0.2) is 0 Å². The number of rotatable bonds is 5. The molecule has 2 amide bonds. The molecule has 0 radical (unpaired) electrons. The number of amides is 2. The summed E-state index contributed by atoms with van der Waals surface area (Å²) in [6, 6.07) is 33.6. The Balaban J connectivity index is 1.33. The highest BCUT2D eigenvalue weighted by Crippen LogP contribution is 2.40. The summed E-state index contributed by atoms with van der Waals surface area (Å²) in [6.07, 6.45) is 0.634. The molecule has 0 atom stereocenters. The standard InChI is InChI=1S/C30H23N3O2/c34-29-22-13-4-5-14-23(22)30(35)33(29)20-10-19-32-26-17-8-6-15-24(26)28(21-11-2-1-3-12-21)31-25-16-7-9-18-27(25)32/h1-9,11-18H,10,19-20H2. The van der Waals surface area contributed by atoms with Crippen LogP contribution in [0.3, 0.4) is 0 Å². The maximum Gasteiger partial charge on any atom is 0.261 e. The van der Waals surface area contributed by atoms with Crippen LogP contribution in [0, 0.1) is 0 Å². The van der Waals surface area contributed by atoms with Gasteiger partial charge in [-0.1, -0.05) is 72.8 Å². The van der Waals surface area contributed by atoms with Crippen LogP contribution in [0.1, 0.15) is 38.3 Å². The van der Waals surface area contributed by atoms with E-state index in [1.54, 1.807) is 24.3 Å². The topological polar surface area (TPSA) is 53.0 Å². The molecule has 0 unspecified atom stereocenters. The normalized spacial score (nSPS) is 14.2. The van der Waals surface area contributed by atoms with Gasteiger partial charge < -0.3 is 4.90 Å². The summed E-state index contributed by atoms with van der Waals surface area (Å²) in [5.41, 5.74) is 6.97. The van der Waals surface area contributed by atoms with Crippen molar-refractivity contribution >= 4 is 34.6 Å². The Morgan fingerprint density at radius 3 is 1.80 bits per heavy atom. The largest absolute Gasteiger partial charge is 0.339 e. The third-order valence-corrected chi connectivity index (χ3v) is 6.54. The Morgan fingerprint density at radius 2 is 1.09 bits per heavy atom. The minimum absolute atomic E-state index is 0.211. The fraction of sp³-hybridized carbons (Fsp3) is 0.100. The van der Waals surface area contributed by atoms with E-state index in [4.69, 9.17) is 4.99 Å². The smallest absolute Gasteiger partial charge is 0.261 e. The van der Waals surface area contributed by atoms with Crippen molar-refractivity contribution < 1.29 is 9.59 Å². The van der Waals surface area contributed by atoms with Crippen molar-refractivity contribution in [2.45, 2.75) is 6.42 Å². The van der Waals surface area contributed by atoms with E-state index in [1.165, 1.54) is 4.90 Å². The number of aliphatic imine (C=N–C) groups is 1. The van der Waals surface area contributed by atoms with Crippen LogP contribution in [-0.2, 0) is 0 Å². The number of hydrogen-bond acceptors (Lipinski definition) is 4. The molecule has 5 heteroatoms. The van der Waals surface area contributed by atoms with Gasteiger partial charge in [-0.3, -0.25) is 14.5 Å². The first kappa shape index (κ1) is 21.1. The molecule has 2 aliphatic heterocycles. The Hall–Kier alpha value is -4.51. The zero-order valence-corrected chi connectivity index (χ0v) is 19.1. The molecule has 0 fully saturated rings. The molecule has 170 valence electrons. The summed E-state index contributed by atoms with van der Waals surface area (Å²) in [5, 5.41) is 0. The van der Waals surface area contributed by atoms with Crippen LogP contribution < -0.4 is 4.90 Å². The molecule has 0 aromatic heterocycles. The average Bonchev–Trinajstić information content (AvgIpc) is 3.06. The molecular formula is C30H23N3O2. The molecule has 2 heterocycles. The lowest BCUT2D eigenvalue weighted by molar-refractivity contribution is 0.0653. The molecule has 6 rings (SSSR count). The number of hydrogen-bond donors (Lipinski definition) is 0. The fourth-order valence-corrected chi connectivity index (χ4v) is 4.89. The summed E-state index contributed by atoms with van der Waals surface area (Å²) < 4.78 is 0. The maximum absolute atomic E-state index is 12.8. The van der Waals surface area contributed by atoms with E-state index in [0.717, 1.165) is 33.9 Å². The predicted octanol–water partition coefficient (Wildman–Crippen LogP) is 5.99. The number of benzene rings is 4. The number of fused-ring (bicyclic) bond motifs is 3. The molecule has 4 aromatic carbocycles. The van der Waals surface area contributed by atoms with E-state index in [0.29, 0.717) is 30.6 Å². The van der Waals surface area contributed by atoms with Crippen LogP contribution in [0.2, 0.25) is 0 Å². The van der Waals surface area contributed by atoms with E-state index < -0.39 is 0 Å². The lowest BCUT2D eigenvalue weighted by atomic mass is 10.00. The molecule has 35 heavy (non-hydrogen) atoms. The number of para-hydroxylation sites is 3. The van der Waals surface area contributed by atoms with Crippen molar-refractivity contribution in [2.75, 3.05) is 18.0 Å². The predicted molar refractivity (Wildman–Crippen MR) is 138 cm³/mol. The number of nitrogens with zero attached hydrogens (tertiary/aromatic N) is 3. The average molecular weight is 458 g/mol. The minimum atomic E-state index is -0.211. The van der Waals surface area contributed by atoms with Crippen LogP contribution in [0.4, 0.5) is 17.1 Å². The zero-order valence-electron chi connectivity index (χ0n) is 19.1. The highest BCUT2D eigenvalue weighted by Gasteiger charge is 2.34. The highest BCUT2D eigenvalue weighted by molar-refractivity contribution is 6.21. The Kier molecular flexibility index (Phi) is 5.23. The van der Waals surface area contributed by atoms with Crippen molar-refractivity contribution in [3.05, 3.63) is 125 Å². The minimum Gasteiger partial charge on any atom is -0.339 e. The third-order valence-electron chi connectivity index (χ3n) is 6.54. The lowest BCUT2D eigenvalue weighted by Crippen LogP contribution is -2.33. The van der Waals surface area contributed by atoms with Gasteiger partial charge in [0.05, 0.1) is 33.9 Å². The summed E-state index contributed by atoms with van der Waals surface area (Å²) in [5.74, 6) is -0.422. The van der Waals surface area contributed by atoms with E-state index in [1.807, 2.05) is 48.5 Å². The molecule has 0 saturated carbocycles. The van der Waals surface area contributed by atoms with Crippen molar-refractivity contribution in [3.8, 4) is 0 Å². The maximum atomic E-state index is 12.8. The van der Waals surface area contributed by atoms with E-state index in [9.17, 15) is 9.59 Å². The molecule has 5 nitrogen and oxygen atoms in total. The second kappa shape index (κ2) is 8.69. The first-order chi connectivity index (χ1) is 17.2.